The van der Waals surface area contributed by atoms with Gasteiger partial charge in [0, 0.05) is 107 Å². The standard InChI is InChI=1S/C38H45ClF3N7O2/c1-44-23-30(28-9-11-43-22-29(28)37(44)50)26-19-32(39)31(35(20-26)51-3)24-46-14-10-36(38(41,42)25-46)48-17-15-47(16-18-48)34-8-7-27(21-33(34)40)45(2)49-12-5-4-6-13-49/h7-9,11,19-23,36H,4-6,10,12-18,24-25H2,1-3H3. The fourth-order valence-electron chi connectivity index (χ4n) is 8.02. The topological polar surface area (TPSA) is 60.3 Å². The zero-order valence-corrected chi connectivity index (χ0v) is 30.2. The highest BCUT2D eigenvalue weighted by Crippen LogP contribution is 2.39. The Hall–Kier alpha value is -3.84. The summed E-state index contributed by atoms with van der Waals surface area (Å²) in [5.41, 5.74) is 3.35. The van der Waals surface area contributed by atoms with Gasteiger partial charge in [0.25, 0.3) is 11.5 Å². The van der Waals surface area contributed by atoms with Gasteiger partial charge in [-0.15, -0.1) is 0 Å². The van der Waals surface area contributed by atoms with Gasteiger partial charge in [-0.25, -0.2) is 18.2 Å². The molecule has 1 atom stereocenters. The van der Waals surface area contributed by atoms with E-state index in [0.29, 0.717) is 66.6 Å². The van der Waals surface area contributed by atoms with Crippen LogP contribution in [0.1, 0.15) is 31.2 Å². The molecule has 4 aromatic rings. The molecule has 0 saturated carbocycles. The SMILES string of the molecule is COc1cc(-c2cn(C)c(=O)c3cnccc23)cc(Cl)c1CN1CCC(N2CCN(c3ccc(N(C)N4CCCCC4)cc3F)CC2)C(F)(F)C1. The van der Waals surface area contributed by atoms with Crippen molar-refractivity contribution in [2.24, 2.45) is 7.05 Å². The predicted molar refractivity (Wildman–Crippen MR) is 197 cm³/mol. The van der Waals surface area contributed by atoms with Crippen molar-refractivity contribution in [2.45, 2.75) is 44.2 Å². The lowest BCUT2D eigenvalue weighted by molar-refractivity contribution is -0.129. The molecule has 0 N–H and O–H groups in total. The number of hydrogen-bond donors (Lipinski definition) is 0. The van der Waals surface area contributed by atoms with Gasteiger partial charge in [-0.05, 0) is 60.5 Å². The van der Waals surface area contributed by atoms with E-state index in [1.54, 1.807) is 48.7 Å². The number of nitrogens with zero attached hydrogens (tertiary/aromatic N) is 7. The van der Waals surface area contributed by atoms with Crippen LogP contribution in [0.15, 0.2) is 59.8 Å². The van der Waals surface area contributed by atoms with Gasteiger partial charge >= 0.3 is 0 Å². The predicted octanol–water partition coefficient (Wildman–Crippen LogP) is 6.27. The van der Waals surface area contributed by atoms with Crippen LogP contribution in [0.25, 0.3) is 21.9 Å². The van der Waals surface area contributed by atoms with Crippen molar-refractivity contribution in [3.05, 3.63) is 81.7 Å². The second-order valence-electron chi connectivity index (χ2n) is 14.0. The summed E-state index contributed by atoms with van der Waals surface area (Å²) in [7, 11) is 5.20. The molecule has 13 heteroatoms. The summed E-state index contributed by atoms with van der Waals surface area (Å²) in [6.07, 6.45) is 8.74. The van der Waals surface area contributed by atoms with Gasteiger partial charge < -0.3 is 19.2 Å². The Labute approximate surface area is 301 Å². The minimum atomic E-state index is -2.95. The molecule has 5 heterocycles. The Balaban J connectivity index is 0.996. The first-order chi connectivity index (χ1) is 24.5. The molecule has 7 rings (SSSR count). The first-order valence-electron chi connectivity index (χ1n) is 17.7. The van der Waals surface area contributed by atoms with Gasteiger partial charge in [-0.3, -0.25) is 19.6 Å². The number of aryl methyl sites for hydroxylation is 1. The monoisotopic (exact) mass is 723 g/mol. The number of anilines is 2. The Morgan fingerprint density at radius 1 is 1.00 bits per heavy atom. The van der Waals surface area contributed by atoms with Crippen LogP contribution in [-0.4, -0.2) is 103 Å². The molecular weight excluding hydrogens is 679 g/mol. The summed E-state index contributed by atoms with van der Waals surface area (Å²) in [5.74, 6) is -2.74. The van der Waals surface area contributed by atoms with Crippen molar-refractivity contribution in [3.8, 4) is 16.9 Å². The number of hydrogen-bond acceptors (Lipinski definition) is 8. The molecule has 272 valence electrons. The number of piperidine rings is 2. The smallest absolute Gasteiger partial charge is 0.275 e. The van der Waals surface area contributed by atoms with Gasteiger partial charge in [0.15, 0.2) is 0 Å². The Bertz CT molecular complexity index is 1950. The van der Waals surface area contributed by atoms with Crippen molar-refractivity contribution in [1.82, 2.24) is 24.4 Å². The quantitative estimate of drug-likeness (QED) is 0.211. The number of benzene rings is 2. The minimum Gasteiger partial charge on any atom is -0.496 e. The Morgan fingerprint density at radius 2 is 1.76 bits per heavy atom. The highest BCUT2D eigenvalue weighted by molar-refractivity contribution is 6.32. The highest BCUT2D eigenvalue weighted by Gasteiger charge is 2.48. The van der Waals surface area contributed by atoms with Crippen molar-refractivity contribution >= 4 is 33.7 Å². The van der Waals surface area contributed by atoms with Crippen LogP contribution < -0.4 is 20.2 Å². The van der Waals surface area contributed by atoms with Gasteiger partial charge in [0.2, 0.25) is 0 Å². The average molecular weight is 724 g/mol. The van der Waals surface area contributed by atoms with E-state index in [2.05, 4.69) is 9.99 Å². The first kappa shape index (κ1) is 35.6. The number of ether oxygens (including phenoxy) is 1. The van der Waals surface area contributed by atoms with Crippen LogP contribution in [-0.2, 0) is 13.6 Å². The second-order valence-corrected chi connectivity index (χ2v) is 14.4. The highest BCUT2D eigenvalue weighted by atomic mass is 35.5. The van der Waals surface area contributed by atoms with Crippen molar-refractivity contribution < 1.29 is 17.9 Å². The number of rotatable bonds is 8. The molecule has 0 radical (unpaired) electrons. The number of alkyl halides is 2. The zero-order valence-electron chi connectivity index (χ0n) is 29.4. The largest absolute Gasteiger partial charge is 0.496 e. The summed E-state index contributed by atoms with van der Waals surface area (Å²) < 4.78 is 54.4. The van der Waals surface area contributed by atoms with E-state index >= 15 is 13.2 Å². The molecule has 2 aromatic heterocycles. The molecular formula is C38H45ClF3N7O2. The molecule has 0 aliphatic carbocycles. The number of halogens is 4. The third-order valence-corrected chi connectivity index (χ3v) is 11.2. The van der Waals surface area contributed by atoms with Gasteiger partial charge in [-0.1, -0.05) is 18.0 Å². The molecule has 1 unspecified atom stereocenters. The summed E-state index contributed by atoms with van der Waals surface area (Å²) in [6, 6.07) is 9.89. The van der Waals surface area contributed by atoms with Crippen LogP contribution >= 0.6 is 11.6 Å². The molecule has 3 aliphatic rings. The van der Waals surface area contributed by atoms with Crippen LogP contribution in [0.4, 0.5) is 24.5 Å². The average Bonchev–Trinajstić information content (AvgIpc) is 3.13. The summed E-state index contributed by atoms with van der Waals surface area (Å²) in [5, 5.41) is 5.91. The minimum absolute atomic E-state index is 0.155. The lowest BCUT2D eigenvalue weighted by Gasteiger charge is -2.46. The summed E-state index contributed by atoms with van der Waals surface area (Å²) >= 11 is 6.84. The number of methoxy groups -OCH3 is 1. The number of fused-ring (bicyclic) bond motifs is 1. The molecule has 3 fully saturated rings. The maximum atomic E-state index is 15.9. The molecule has 3 aliphatic heterocycles. The van der Waals surface area contributed by atoms with E-state index < -0.39 is 18.5 Å². The number of hydrazine groups is 1. The van der Waals surface area contributed by atoms with Crippen molar-refractivity contribution in [1.29, 1.82) is 0 Å². The van der Waals surface area contributed by atoms with E-state index in [4.69, 9.17) is 16.3 Å². The van der Waals surface area contributed by atoms with E-state index in [-0.39, 0.29) is 17.9 Å². The van der Waals surface area contributed by atoms with Gasteiger partial charge in [0.1, 0.15) is 11.6 Å². The number of piperazine rings is 1. The molecule has 51 heavy (non-hydrogen) atoms. The maximum Gasteiger partial charge on any atom is 0.275 e. The van der Waals surface area contributed by atoms with Crippen LogP contribution in [0.2, 0.25) is 5.02 Å². The normalized spacial score (nSPS) is 20.5. The third-order valence-electron chi connectivity index (χ3n) is 10.9. The van der Waals surface area contributed by atoms with Crippen LogP contribution in [0.3, 0.4) is 0 Å². The van der Waals surface area contributed by atoms with E-state index in [0.717, 1.165) is 48.1 Å². The Morgan fingerprint density at radius 3 is 2.47 bits per heavy atom. The second kappa shape index (κ2) is 14.7. The molecule has 9 nitrogen and oxygen atoms in total. The van der Waals surface area contributed by atoms with Gasteiger partial charge in [0.05, 0.1) is 36.5 Å². The molecule has 0 bridgehead atoms. The van der Waals surface area contributed by atoms with Crippen molar-refractivity contribution in [3.63, 3.8) is 0 Å². The lowest BCUT2D eigenvalue weighted by Crippen LogP contribution is -2.61. The lowest BCUT2D eigenvalue weighted by atomic mass is 9.96. The third kappa shape index (κ3) is 7.16. The molecule has 0 spiro atoms. The Kier molecular flexibility index (Phi) is 10.2. The number of pyridine rings is 2. The maximum absolute atomic E-state index is 15.9. The fourth-order valence-corrected chi connectivity index (χ4v) is 8.29. The number of likely N-dealkylation sites (tertiary alicyclic amines) is 1. The van der Waals surface area contributed by atoms with Crippen molar-refractivity contribution in [2.75, 3.05) is 76.4 Å². The summed E-state index contributed by atoms with van der Waals surface area (Å²) in [4.78, 5) is 22.4. The van der Waals surface area contributed by atoms with E-state index in [9.17, 15) is 4.79 Å². The molecule has 2 aromatic carbocycles. The zero-order chi connectivity index (χ0) is 35.9. The first-order valence-corrected chi connectivity index (χ1v) is 18.1. The molecule has 0 amide bonds. The molecule has 3 saturated heterocycles. The van der Waals surface area contributed by atoms with Gasteiger partial charge in [-0.2, -0.15) is 0 Å². The fraction of sp³-hybridized carbons (Fsp3) is 0.474. The van der Waals surface area contributed by atoms with Crippen LogP contribution in [0.5, 0.6) is 5.75 Å². The van der Waals surface area contributed by atoms with E-state index in [1.165, 1.54) is 18.1 Å². The number of aromatic nitrogens is 2. The van der Waals surface area contributed by atoms with E-state index in [1.807, 2.05) is 40.1 Å². The van der Waals surface area contributed by atoms with Crippen LogP contribution in [0, 0.1) is 5.82 Å². The summed E-state index contributed by atoms with van der Waals surface area (Å²) in [6.45, 7) is 4.05.